The number of fused-ring (bicyclic) bond motifs is 2. The van der Waals surface area contributed by atoms with E-state index in [0.29, 0.717) is 13.2 Å². The van der Waals surface area contributed by atoms with Crippen molar-refractivity contribution >= 4 is 11.9 Å². The van der Waals surface area contributed by atoms with Crippen LogP contribution in [0.4, 0.5) is 0 Å². The highest BCUT2D eigenvalue weighted by Crippen LogP contribution is 2.55. The van der Waals surface area contributed by atoms with E-state index in [1.807, 2.05) is 6.08 Å². The van der Waals surface area contributed by atoms with E-state index in [2.05, 4.69) is 0 Å². The molecule has 0 aromatic rings. The molecule has 3 saturated heterocycles. The molecule has 1 spiro atoms. The van der Waals surface area contributed by atoms with Crippen molar-refractivity contribution in [1.82, 2.24) is 4.90 Å². The number of hydrogen-bond acceptors (Lipinski definition) is 4. The number of carboxylic acid groups (broad SMARTS) is 1. The Morgan fingerprint density at radius 1 is 1.56 bits per heavy atom. The monoisotopic (exact) mass is 251 g/mol. The second-order valence-electron chi connectivity index (χ2n) is 5.25. The van der Waals surface area contributed by atoms with Crippen LogP contribution in [0.2, 0.25) is 0 Å². The van der Waals surface area contributed by atoms with E-state index in [-0.39, 0.29) is 5.91 Å². The van der Waals surface area contributed by atoms with Gasteiger partial charge in [-0.3, -0.25) is 9.59 Å². The van der Waals surface area contributed by atoms with Gasteiger partial charge in [0.05, 0.1) is 18.6 Å². The first-order chi connectivity index (χ1) is 8.65. The minimum Gasteiger partial charge on any atom is -0.481 e. The zero-order valence-corrected chi connectivity index (χ0v) is 9.61. The lowest BCUT2D eigenvalue weighted by Gasteiger charge is -2.36. The Hall–Kier alpha value is -1.40. The Morgan fingerprint density at radius 3 is 3.17 bits per heavy atom. The maximum atomic E-state index is 12.4. The summed E-state index contributed by atoms with van der Waals surface area (Å²) in [7, 11) is 0. The average molecular weight is 251 g/mol. The molecule has 5 unspecified atom stereocenters. The Kier molecular flexibility index (Phi) is 1.83. The van der Waals surface area contributed by atoms with Gasteiger partial charge in [-0.05, 0) is 12.5 Å². The van der Waals surface area contributed by atoms with Crippen molar-refractivity contribution in [3.63, 3.8) is 0 Å². The predicted octanol–water partition coefficient (Wildman–Crippen LogP) is -0.401. The summed E-state index contributed by atoms with van der Waals surface area (Å²) in [6.45, 7) is 1.21. The van der Waals surface area contributed by atoms with Gasteiger partial charge in [-0.2, -0.15) is 0 Å². The van der Waals surface area contributed by atoms with Gasteiger partial charge in [-0.1, -0.05) is 6.08 Å². The second-order valence-corrected chi connectivity index (χ2v) is 5.25. The summed E-state index contributed by atoms with van der Waals surface area (Å²) < 4.78 is 11.5. The molecule has 4 rings (SSSR count). The fraction of sp³-hybridized carbons (Fsp3) is 0.667. The summed E-state index contributed by atoms with van der Waals surface area (Å²) in [6, 6.07) is 0. The zero-order chi connectivity index (χ0) is 12.5. The third-order valence-electron chi connectivity index (χ3n) is 4.41. The number of aliphatic carboxylic acids is 1. The first kappa shape index (κ1) is 10.5. The van der Waals surface area contributed by atoms with Crippen LogP contribution in [-0.2, 0) is 19.1 Å². The number of carbonyl (C=O) groups is 2. The fourth-order valence-electron chi connectivity index (χ4n) is 3.74. The van der Waals surface area contributed by atoms with E-state index < -0.39 is 35.7 Å². The van der Waals surface area contributed by atoms with Gasteiger partial charge in [0.15, 0.2) is 6.23 Å². The predicted molar refractivity (Wildman–Crippen MR) is 57.4 cm³/mol. The van der Waals surface area contributed by atoms with E-state index in [4.69, 9.17) is 9.47 Å². The molecule has 18 heavy (non-hydrogen) atoms. The topological polar surface area (TPSA) is 76.1 Å². The van der Waals surface area contributed by atoms with Gasteiger partial charge in [0.2, 0.25) is 5.91 Å². The third-order valence-corrected chi connectivity index (χ3v) is 4.41. The molecule has 1 amide bonds. The van der Waals surface area contributed by atoms with Crippen LogP contribution in [0.25, 0.3) is 0 Å². The van der Waals surface area contributed by atoms with E-state index in [9.17, 15) is 14.7 Å². The lowest BCUT2D eigenvalue weighted by molar-refractivity contribution is -0.168. The summed E-state index contributed by atoms with van der Waals surface area (Å²) in [5, 5.41) is 9.30. The molecule has 0 aromatic heterocycles. The summed E-state index contributed by atoms with van der Waals surface area (Å²) in [4.78, 5) is 25.4. The first-order valence-corrected chi connectivity index (χ1v) is 6.17. The van der Waals surface area contributed by atoms with Crippen molar-refractivity contribution in [3.05, 3.63) is 12.2 Å². The number of rotatable bonds is 1. The van der Waals surface area contributed by atoms with Crippen molar-refractivity contribution in [1.29, 1.82) is 0 Å². The van der Waals surface area contributed by atoms with Gasteiger partial charge in [0, 0.05) is 6.54 Å². The van der Waals surface area contributed by atoms with Crippen molar-refractivity contribution in [3.8, 4) is 0 Å². The molecule has 4 aliphatic heterocycles. The molecule has 2 bridgehead atoms. The normalized spacial score (nSPS) is 48.4. The number of carboxylic acids is 1. The van der Waals surface area contributed by atoms with Crippen molar-refractivity contribution in [2.45, 2.75) is 24.4 Å². The molecule has 5 atom stereocenters. The average Bonchev–Trinajstić information content (AvgIpc) is 2.99. The number of carbonyl (C=O) groups excluding carboxylic acids is 1. The zero-order valence-electron chi connectivity index (χ0n) is 9.61. The van der Waals surface area contributed by atoms with Crippen LogP contribution in [0.3, 0.4) is 0 Å². The van der Waals surface area contributed by atoms with Crippen molar-refractivity contribution < 1.29 is 24.2 Å². The first-order valence-electron chi connectivity index (χ1n) is 6.17. The molecular weight excluding hydrogens is 238 g/mol. The summed E-state index contributed by atoms with van der Waals surface area (Å²) in [5.41, 5.74) is -0.870. The molecule has 0 aromatic carbocycles. The number of nitrogens with zero attached hydrogens (tertiary/aromatic N) is 1. The summed E-state index contributed by atoms with van der Waals surface area (Å²) in [6.07, 6.45) is 3.42. The van der Waals surface area contributed by atoms with Gasteiger partial charge in [-0.25, -0.2) is 0 Å². The van der Waals surface area contributed by atoms with E-state index in [1.54, 1.807) is 11.0 Å². The summed E-state index contributed by atoms with van der Waals surface area (Å²) >= 11 is 0. The molecule has 4 aliphatic rings. The van der Waals surface area contributed by atoms with Crippen LogP contribution in [0.5, 0.6) is 0 Å². The third kappa shape index (κ3) is 0.976. The van der Waals surface area contributed by atoms with Crippen LogP contribution in [-0.4, -0.2) is 53.0 Å². The smallest absolute Gasteiger partial charge is 0.310 e. The number of hydrogen-bond donors (Lipinski definition) is 1. The molecule has 1 N–H and O–H groups in total. The Morgan fingerprint density at radius 2 is 2.39 bits per heavy atom. The quantitative estimate of drug-likeness (QED) is 0.642. The van der Waals surface area contributed by atoms with Crippen LogP contribution in [0.1, 0.15) is 6.42 Å². The molecule has 0 radical (unpaired) electrons. The van der Waals surface area contributed by atoms with E-state index in [0.717, 1.165) is 6.42 Å². The molecule has 3 fully saturated rings. The van der Waals surface area contributed by atoms with Gasteiger partial charge >= 0.3 is 5.97 Å². The molecule has 4 heterocycles. The van der Waals surface area contributed by atoms with Crippen LogP contribution < -0.4 is 0 Å². The van der Waals surface area contributed by atoms with Crippen LogP contribution in [0.15, 0.2) is 12.2 Å². The Labute approximate surface area is 103 Å². The standard InChI is InChI=1S/C12H13NO5/c14-9-8-7(10(15)16)6-2-3-12(8,18-6)11-13(9)4-1-5-17-11/h2-3,6-8,11H,1,4-5H2,(H,15,16). The highest BCUT2D eigenvalue weighted by Gasteiger charge is 2.72. The Bertz CT molecular complexity index is 475. The fourth-order valence-corrected chi connectivity index (χ4v) is 3.74. The van der Waals surface area contributed by atoms with Gasteiger partial charge < -0.3 is 19.5 Å². The number of ether oxygens (including phenoxy) is 2. The minimum atomic E-state index is -0.968. The van der Waals surface area contributed by atoms with Crippen molar-refractivity contribution in [2.75, 3.05) is 13.2 Å². The lowest BCUT2D eigenvalue weighted by Crippen LogP contribution is -2.49. The summed E-state index contributed by atoms with van der Waals surface area (Å²) in [5.74, 6) is -2.52. The Balaban J connectivity index is 1.82. The van der Waals surface area contributed by atoms with Crippen LogP contribution >= 0.6 is 0 Å². The van der Waals surface area contributed by atoms with E-state index >= 15 is 0 Å². The molecule has 0 aliphatic carbocycles. The number of amides is 1. The molecule has 6 nitrogen and oxygen atoms in total. The van der Waals surface area contributed by atoms with E-state index in [1.165, 1.54) is 0 Å². The minimum absolute atomic E-state index is 0.140. The van der Waals surface area contributed by atoms with Gasteiger partial charge in [0.25, 0.3) is 0 Å². The molecule has 6 heteroatoms. The maximum Gasteiger partial charge on any atom is 0.310 e. The SMILES string of the molecule is O=C(O)C1C2C=CC3(O2)C1C(=O)N1CCCOC13. The molecular formula is C12H13NO5. The van der Waals surface area contributed by atoms with Crippen LogP contribution in [0, 0.1) is 11.8 Å². The second kappa shape index (κ2) is 3.13. The largest absolute Gasteiger partial charge is 0.481 e. The molecule has 0 saturated carbocycles. The van der Waals surface area contributed by atoms with Gasteiger partial charge in [0.1, 0.15) is 11.5 Å². The lowest BCUT2D eigenvalue weighted by atomic mass is 9.76. The maximum absolute atomic E-state index is 12.4. The van der Waals surface area contributed by atoms with Crippen molar-refractivity contribution in [2.24, 2.45) is 11.8 Å². The highest BCUT2D eigenvalue weighted by atomic mass is 16.6. The van der Waals surface area contributed by atoms with Gasteiger partial charge in [-0.15, -0.1) is 0 Å². The highest BCUT2D eigenvalue weighted by molar-refractivity contribution is 5.91. The molecule has 96 valence electrons.